The van der Waals surface area contributed by atoms with E-state index in [1.165, 1.54) is 43.2 Å². The van der Waals surface area contributed by atoms with Gasteiger partial charge in [0.1, 0.15) is 0 Å². The Balaban J connectivity index is 1.82. The normalized spacial score (nSPS) is 15.3. The molecule has 4 nitrogen and oxygen atoms in total. The molecule has 25 heavy (non-hydrogen) atoms. The molecule has 1 saturated carbocycles. The van der Waals surface area contributed by atoms with Crippen molar-refractivity contribution in [3.8, 4) is 0 Å². The molecule has 0 spiro atoms. The fourth-order valence-corrected chi connectivity index (χ4v) is 3.72. The lowest BCUT2D eigenvalue weighted by Crippen LogP contribution is -2.36. The molecule has 1 amide bonds. The third kappa shape index (κ3) is 4.30. The molecule has 1 heterocycles. The lowest BCUT2D eigenvalue weighted by Gasteiger charge is -2.30. The average Bonchev–Trinajstić information content (AvgIpc) is 2.95. The van der Waals surface area contributed by atoms with Crippen LogP contribution in [0.2, 0.25) is 0 Å². The van der Waals surface area contributed by atoms with Crippen molar-refractivity contribution in [1.29, 1.82) is 0 Å². The van der Waals surface area contributed by atoms with Crippen molar-refractivity contribution in [2.45, 2.75) is 52.5 Å². The fourth-order valence-electron chi connectivity index (χ4n) is 3.72. The monoisotopic (exact) mass is 339 g/mol. The van der Waals surface area contributed by atoms with Gasteiger partial charge in [0.2, 0.25) is 0 Å². The van der Waals surface area contributed by atoms with Gasteiger partial charge in [0, 0.05) is 25.8 Å². The molecule has 0 atom stereocenters. The molecule has 1 aromatic carbocycles. The van der Waals surface area contributed by atoms with E-state index in [9.17, 15) is 4.79 Å². The number of hydrogen-bond acceptors (Lipinski definition) is 2. The Hall–Kier alpha value is -2.10. The third-order valence-corrected chi connectivity index (χ3v) is 5.45. The van der Waals surface area contributed by atoms with Gasteiger partial charge < -0.3 is 4.90 Å². The highest BCUT2D eigenvalue weighted by atomic mass is 16.2. The van der Waals surface area contributed by atoms with Gasteiger partial charge in [-0.05, 0) is 49.8 Å². The van der Waals surface area contributed by atoms with Crippen LogP contribution < -0.4 is 0 Å². The predicted octanol–water partition coefficient (Wildman–Crippen LogP) is 4.26. The maximum Gasteiger partial charge on any atom is 0.274 e. The maximum absolute atomic E-state index is 13.1. The summed E-state index contributed by atoms with van der Waals surface area (Å²) in [5.41, 5.74) is 4.03. The van der Waals surface area contributed by atoms with Crippen LogP contribution in [-0.2, 0) is 13.6 Å². The van der Waals surface area contributed by atoms with Crippen molar-refractivity contribution in [2.24, 2.45) is 13.0 Å². The van der Waals surface area contributed by atoms with Crippen molar-refractivity contribution in [3.63, 3.8) is 0 Å². The van der Waals surface area contributed by atoms with E-state index in [4.69, 9.17) is 0 Å². The quantitative estimate of drug-likeness (QED) is 0.816. The smallest absolute Gasteiger partial charge is 0.274 e. The summed E-state index contributed by atoms with van der Waals surface area (Å²) in [5.74, 6) is 0.670. The predicted molar refractivity (Wildman–Crippen MR) is 100 cm³/mol. The summed E-state index contributed by atoms with van der Waals surface area (Å²) in [6.45, 7) is 5.60. The molecule has 1 aliphatic carbocycles. The molecule has 1 aromatic heterocycles. The molecular formula is C21H29N3O. The van der Waals surface area contributed by atoms with E-state index in [0.29, 0.717) is 18.2 Å². The van der Waals surface area contributed by atoms with Crippen LogP contribution >= 0.6 is 0 Å². The molecule has 0 radical (unpaired) electrons. The topological polar surface area (TPSA) is 38.1 Å². The van der Waals surface area contributed by atoms with Crippen LogP contribution in [0.25, 0.3) is 0 Å². The van der Waals surface area contributed by atoms with Crippen LogP contribution in [0.5, 0.6) is 0 Å². The Bertz CT molecular complexity index is 709. The molecule has 1 fully saturated rings. The van der Waals surface area contributed by atoms with Crippen molar-refractivity contribution < 1.29 is 4.79 Å². The van der Waals surface area contributed by atoms with Gasteiger partial charge in [0.25, 0.3) is 5.91 Å². The first-order chi connectivity index (χ1) is 12.0. The van der Waals surface area contributed by atoms with Crippen LogP contribution in [0, 0.1) is 19.8 Å². The first-order valence-corrected chi connectivity index (χ1v) is 9.39. The van der Waals surface area contributed by atoms with Crippen molar-refractivity contribution in [3.05, 3.63) is 52.8 Å². The average molecular weight is 339 g/mol. The van der Waals surface area contributed by atoms with Gasteiger partial charge in [-0.3, -0.25) is 9.48 Å². The Kier molecular flexibility index (Phi) is 5.57. The summed E-state index contributed by atoms with van der Waals surface area (Å²) in [5, 5.41) is 4.41. The minimum Gasteiger partial charge on any atom is -0.333 e. The van der Waals surface area contributed by atoms with Gasteiger partial charge in [0.05, 0.1) is 0 Å². The van der Waals surface area contributed by atoms with E-state index < -0.39 is 0 Å². The van der Waals surface area contributed by atoms with E-state index in [0.717, 1.165) is 12.2 Å². The van der Waals surface area contributed by atoms with Gasteiger partial charge >= 0.3 is 0 Å². The van der Waals surface area contributed by atoms with E-state index in [-0.39, 0.29) is 5.91 Å². The highest BCUT2D eigenvalue weighted by Crippen LogP contribution is 2.26. The summed E-state index contributed by atoms with van der Waals surface area (Å²) in [6.07, 6.45) is 6.39. The Morgan fingerprint density at radius 1 is 1.20 bits per heavy atom. The minimum atomic E-state index is 0.0533. The SMILES string of the molecule is Cc1ccccc1CN(CC1CCCCC1)C(=O)c1cc(C)n(C)n1. The summed E-state index contributed by atoms with van der Waals surface area (Å²) < 4.78 is 1.78. The van der Waals surface area contributed by atoms with Crippen molar-refractivity contribution >= 4 is 5.91 Å². The zero-order valence-corrected chi connectivity index (χ0v) is 15.7. The molecule has 2 aromatic rings. The standard InChI is InChI=1S/C21H29N3O/c1-16-9-7-8-12-19(16)15-24(14-18-10-5-4-6-11-18)21(25)20-13-17(2)23(3)22-20/h7-9,12-13,18H,4-6,10-11,14-15H2,1-3H3. The highest BCUT2D eigenvalue weighted by molar-refractivity contribution is 5.92. The van der Waals surface area contributed by atoms with Gasteiger partial charge in [0.15, 0.2) is 5.69 Å². The van der Waals surface area contributed by atoms with E-state index in [1.54, 1.807) is 4.68 Å². The second-order valence-corrected chi connectivity index (χ2v) is 7.41. The molecule has 0 bridgehead atoms. The van der Waals surface area contributed by atoms with Crippen LogP contribution in [0.15, 0.2) is 30.3 Å². The fraction of sp³-hybridized carbons (Fsp3) is 0.524. The Labute approximate surface area is 150 Å². The second kappa shape index (κ2) is 7.85. The summed E-state index contributed by atoms with van der Waals surface area (Å²) in [4.78, 5) is 15.2. The first kappa shape index (κ1) is 17.7. The molecule has 134 valence electrons. The Morgan fingerprint density at radius 3 is 2.56 bits per heavy atom. The summed E-state index contributed by atoms with van der Waals surface area (Å²) >= 11 is 0. The third-order valence-electron chi connectivity index (χ3n) is 5.45. The van der Waals surface area contributed by atoms with Crippen LogP contribution in [0.4, 0.5) is 0 Å². The van der Waals surface area contributed by atoms with Gasteiger partial charge in [-0.25, -0.2) is 0 Å². The lowest BCUT2D eigenvalue weighted by atomic mass is 9.88. The second-order valence-electron chi connectivity index (χ2n) is 7.41. The number of aromatic nitrogens is 2. The van der Waals surface area contributed by atoms with Gasteiger partial charge in [-0.15, -0.1) is 0 Å². The maximum atomic E-state index is 13.1. The van der Waals surface area contributed by atoms with Gasteiger partial charge in [-0.2, -0.15) is 5.10 Å². The zero-order chi connectivity index (χ0) is 17.8. The summed E-state index contributed by atoms with van der Waals surface area (Å²) in [6, 6.07) is 10.2. The molecule has 3 rings (SSSR count). The molecule has 0 saturated heterocycles. The van der Waals surface area contributed by atoms with Gasteiger partial charge in [-0.1, -0.05) is 43.5 Å². The molecule has 1 aliphatic rings. The van der Waals surface area contributed by atoms with Crippen LogP contribution in [0.1, 0.15) is 59.4 Å². The first-order valence-electron chi connectivity index (χ1n) is 9.39. The Morgan fingerprint density at radius 2 is 1.92 bits per heavy atom. The van der Waals surface area contributed by atoms with E-state index in [2.05, 4.69) is 30.2 Å². The minimum absolute atomic E-state index is 0.0533. The lowest BCUT2D eigenvalue weighted by molar-refractivity contribution is 0.0692. The number of nitrogens with zero attached hydrogens (tertiary/aromatic N) is 3. The zero-order valence-electron chi connectivity index (χ0n) is 15.7. The van der Waals surface area contributed by atoms with Crippen molar-refractivity contribution in [2.75, 3.05) is 6.54 Å². The number of carbonyl (C=O) groups excluding carboxylic acids is 1. The molecule has 0 N–H and O–H groups in total. The number of rotatable bonds is 5. The van der Waals surface area contributed by atoms with E-state index >= 15 is 0 Å². The number of carbonyl (C=O) groups is 1. The number of amides is 1. The summed E-state index contributed by atoms with van der Waals surface area (Å²) in [7, 11) is 1.89. The molecular weight excluding hydrogens is 310 g/mol. The highest BCUT2D eigenvalue weighted by Gasteiger charge is 2.24. The number of hydrogen-bond donors (Lipinski definition) is 0. The van der Waals surface area contributed by atoms with Crippen molar-refractivity contribution in [1.82, 2.24) is 14.7 Å². The number of benzene rings is 1. The van der Waals surface area contributed by atoms with E-state index in [1.807, 2.05) is 31.0 Å². The van der Waals surface area contributed by atoms with Crippen LogP contribution in [0.3, 0.4) is 0 Å². The van der Waals surface area contributed by atoms with Crippen LogP contribution in [-0.4, -0.2) is 27.1 Å². The molecule has 4 heteroatoms. The number of aryl methyl sites for hydroxylation is 3. The molecule has 0 unspecified atom stereocenters. The largest absolute Gasteiger partial charge is 0.333 e. The molecule has 0 aliphatic heterocycles.